The van der Waals surface area contributed by atoms with E-state index < -0.39 is 17.4 Å². The molecule has 2 aromatic rings. The van der Waals surface area contributed by atoms with Crippen molar-refractivity contribution >= 4 is 5.78 Å². The summed E-state index contributed by atoms with van der Waals surface area (Å²) in [5, 5.41) is 0. The smallest absolute Gasteiger partial charge is 0.187 e. The standard InChI is InChI=1S/C13H13F2N3O/c14-10-2-1-3-11(15)9(10)6-13(19)12-7-18(5-4-16)8-17-12/h1-3,7-8H,4-6,16H2. The lowest BCUT2D eigenvalue weighted by Crippen LogP contribution is -2.09. The van der Waals surface area contributed by atoms with Gasteiger partial charge in [-0.3, -0.25) is 4.79 Å². The van der Waals surface area contributed by atoms with E-state index in [2.05, 4.69) is 4.98 Å². The maximum absolute atomic E-state index is 13.4. The van der Waals surface area contributed by atoms with Crippen LogP contribution in [0.25, 0.3) is 0 Å². The summed E-state index contributed by atoms with van der Waals surface area (Å²) < 4.78 is 28.5. The maximum atomic E-state index is 13.4. The Morgan fingerprint density at radius 3 is 2.63 bits per heavy atom. The van der Waals surface area contributed by atoms with Crippen LogP contribution in [0.15, 0.2) is 30.7 Å². The summed E-state index contributed by atoms with van der Waals surface area (Å²) in [5.41, 5.74) is 5.32. The quantitative estimate of drug-likeness (QED) is 0.834. The van der Waals surface area contributed by atoms with Gasteiger partial charge in [-0.2, -0.15) is 0 Å². The molecule has 100 valence electrons. The molecule has 2 N–H and O–H groups in total. The van der Waals surface area contributed by atoms with Crippen molar-refractivity contribution in [3.8, 4) is 0 Å². The first-order chi connectivity index (χ1) is 9.11. The van der Waals surface area contributed by atoms with Crippen molar-refractivity contribution in [1.29, 1.82) is 0 Å². The molecule has 0 fully saturated rings. The molecule has 0 aliphatic rings. The number of hydrogen-bond donors (Lipinski definition) is 1. The fraction of sp³-hybridized carbons (Fsp3) is 0.231. The van der Waals surface area contributed by atoms with E-state index in [-0.39, 0.29) is 17.7 Å². The van der Waals surface area contributed by atoms with Crippen LogP contribution in [0.1, 0.15) is 16.1 Å². The van der Waals surface area contributed by atoms with Gasteiger partial charge in [0.05, 0.1) is 6.33 Å². The van der Waals surface area contributed by atoms with E-state index in [0.717, 1.165) is 12.1 Å². The van der Waals surface area contributed by atoms with Crippen LogP contribution in [0.5, 0.6) is 0 Å². The molecule has 4 nitrogen and oxygen atoms in total. The van der Waals surface area contributed by atoms with Gasteiger partial charge in [0.25, 0.3) is 0 Å². The number of carbonyl (C=O) groups excluding carboxylic acids is 1. The predicted molar refractivity (Wildman–Crippen MR) is 65.7 cm³/mol. The summed E-state index contributed by atoms with van der Waals surface area (Å²) in [4.78, 5) is 15.8. The van der Waals surface area contributed by atoms with Crippen LogP contribution < -0.4 is 5.73 Å². The Balaban J connectivity index is 2.16. The highest BCUT2D eigenvalue weighted by Gasteiger charge is 2.16. The van der Waals surface area contributed by atoms with Crippen LogP contribution >= 0.6 is 0 Å². The number of nitrogens with zero attached hydrogens (tertiary/aromatic N) is 2. The molecular formula is C13H13F2N3O. The van der Waals surface area contributed by atoms with Gasteiger partial charge in [-0.05, 0) is 12.1 Å². The van der Waals surface area contributed by atoms with Gasteiger partial charge in [0.15, 0.2) is 5.78 Å². The lowest BCUT2D eigenvalue weighted by molar-refractivity contribution is 0.0986. The first-order valence-electron chi connectivity index (χ1n) is 5.79. The molecule has 0 bridgehead atoms. The molecule has 0 radical (unpaired) electrons. The zero-order chi connectivity index (χ0) is 13.8. The fourth-order valence-electron chi connectivity index (χ4n) is 1.73. The Morgan fingerprint density at radius 2 is 2.00 bits per heavy atom. The minimum atomic E-state index is -0.727. The van der Waals surface area contributed by atoms with E-state index in [1.54, 1.807) is 4.57 Å². The normalized spacial score (nSPS) is 10.7. The second-order valence-corrected chi connectivity index (χ2v) is 4.09. The van der Waals surface area contributed by atoms with Crippen molar-refractivity contribution in [3.63, 3.8) is 0 Å². The van der Waals surface area contributed by atoms with Crippen LogP contribution in [0, 0.1) is 11.6 Å². The van der Waals surface area contributed by atoms with Crippen LogP contribution in [0.4, 0.5) is 8.78 Å². The first-order valence-corrected chi connectivity index (χ1v) is 5.79. The van der Waals surface area contributed by atoms with Gasteiger partial charge in [-0.15, -0.1) is 0 Å². The molecule has 0 saturated heterocycles. The average molecular weight is 265 g/mol. The molecule has 0 unspecified atom stereocenters. The number of rotatable bonds is 5. The van der Waals surface area contributed by atoms with Gasteiger partial charge < -0.3 is 10.3 Å². The summed E-state index contributed by atoms with van der Waals surface area (Å²) in [5.74, 6) is -1.88. The van der Waals surface area contributed by atoms with Crippen molar-refractivity contribution in [1.82, 2.24) is 9.55 Å². The molecule has 6 heteroatoms. The molecule has 0 aliphatic carbocycles. The van der Waals surface area contributed by atoms with E-state index in [1.165, 1.54) is 18.6 Å². The third kappa shape index (κ3) is 3.03. The molecule has 0 saturated carbocycles. The molecule has 1 aromatic heterocycles. The molecule has 0 amide bonds. The highest BCUT2D eigenvalue weighted by molar-refractivity contribution is 5.95. The van der Waals surface area contributed by atoms with Crippen molar-refractivity contribution < 1.29 is 13.6 Å². The Labute approximate surface area is 108 Å². The van der Waals surface area contributed by atoms with Crippen LogP contribution in [0.3, 0.4) is 0 Å². The molecule has 1 heterocycles. The molecule has 19 heavy (non-hydrogen) atoms. The minimum Gasteiger partial charge on any atom is -0.335 e. The number of halogens is 2. The summed E-state index contributed by atoms with van der Waals surface area (Å²) in [6, 6.07) is 3.51. The van der Waals surface area contributed by atoms with Gasteiger partial charge in [0.2, 0.25) is 0 Å². The van der Waals surface area contributed by atoms with E-state index in [4.69, 9.17) is 5.73 Å². The van der Waals surface area contributed by atoms with Crippen molar-refractivity contribution in [3.05, 3.63) is 53.6 Å². The minimum absolute atomic E-state index is 0.177. The first kappa shape index (κ1) is 13.4. The molecule has 2 rings (SSSR count). The number of Topliss-reactive ketones (excluding diaryl/α,β-unsaturated/α-hetero) is 1. The van der Waals surface area contributed by atoms with Crippen molar-refractivity contribution in [2.45, 2.75) is 13.0 Å². The van der Waals surface area contributed by atoms with Crippen LogP contribution in [0.2, 0.25) is 0 Å². The Kier molecular flexibility index (Phi) is 4.01. The second kappa shape index (κ2) is 5.71. The summed E-state index contributed by atoms with van der Waals surface area (Å²) in [6.45, 7) is 0.959. The molecule has 0 aliphatic heterocycles. The summed E-state index contributed by atoms with van der Waals surface area (Å²) >= 11 is 0. The number of hydrogen-bond acceptors (Lipinski definition) is 3. The third-order valence-corrected chi connectivity index (χ3v) is 2.71. The van der Waals surface area contributed by atoms with Gasteiger partial charge in [0.1, 0.15) is 17.3 Å². The molecule has 1 aromatic carbocycles. The van der Waals surface area contributed by atoms with Gasteiger partial charge in [0, 0.05) is 31.3 Å². The molecular weight excluding hydrogens is 252 g/mol. The Morgan fingerprint density at radius 1 is 1.32 bits per heavy atom. The topological polar surface area (TPSA) is 60.9 Å². The highest BCUT2D eigenvalue weighted by Crippen LogP contribution is 2.14. The Hall–Kier alpha value is -2.08. The van der Waals surface area contributed by atoms with Crippen molar-refractivity contribution in [2.24, 2.45) is 5.73 Å². The second-order valence-electron chi connectivity index (χ2n) is 4.09. The summed E-state index contributed by atoms with van der Waals surface area (Å²) in [7, 11) is 0. The van der Waals surface area contributed by atoms with Crippen LogP contribution in [-0.4, -0.2) is 21.9 Å². The fourth-order valence-corrected chi connectivity index (χ4v) is 1.73. The number of aromatic nitrogens is 2. The van der Waals surface area contributed by atoms with Crippen molar-refractivity contribution in [2.75, 3.05) is 6.54 Å². The molecule has 0 atom stereocenters. The highest BCUT2D eigenvalue weighted by atomic mass is 19.1. The SMILES string of the molecule is NCCn1cnc(C(=O)Cc2c(F)cccc2F)c1. The van der Waals surface area contributed by atoms with Gasteiger partial charge in [-0.1, -0.05) is 6.07 Å². The van der Waals surface area contributed by atoms with E-state index in [9.17, 15) is 13.6 Å². The van der Waals surface area contributed by atoms with Crippen LogP contribution in [-0.2, 0) is 13.0 Å². The van der Waals surface area contributed by atoms with E-state index in [1.807, 2.05) is 0 Å². The maximum Gasteiger partial charge on any atom is 0.187 e. The largest absolute Gasteiger partial charge is 0.335 e. The monoisotopic (exact) mass is 265 g/mol. The number of benzene rings is 1. The zero-order valence-electron chi connectivity index (χ0n) is 10.1. The van der Waals surface area contributed by atoms with E-state index in [0.29, 0.717) is 13.1 Å². The number of imidazole rings is 1. The van der Waals surface area contributed by atoms with Gasteiger partial charge in [-0.25, -0.2) is 13.8 Å². The van der Waals surface area contributed by atoms with Gasteiger partial charge >= 0.3 is 0 Å². The lowest BCUT2D eigenvalue weighted by Gasteiger charge is -2.02. The molecule has 0 spiro atoms. The Bertz CT molecular complexity index is 575. The third-order valence-electron chi connectivity index (χ3n) is 2.71. The lowest BCUT2D eigenvalue weighted by atomic mass is 10.1. The number of nitrogens with two attached hydrogens (primary N) is 1. The summed E-state index contributed by atoms with van der Waals surface area (Å²) in [6.07, 6.45) is 2.64. The predicted octanol–water partition coefficient (Wildman–Crippen LogP) is 1.55. The van der Waals surface area contributed by atoms with E-state index >= 15 is 0 Å². The average Bonchev–Trinajstić information content (AvgIpc) is 2.83. The number of carbonyl (C=O) groups is 1. The number of ketones is 1. The zero-order valence-corrected chi connectivity index (χ0v) is 10.1.